The van der Waals surface area contributed by atoms with Crippen molar-refractivity contribution in [2.45, 2.75) is 11.4 Å². The molecular weight excluding hydrogens is 376 g/mol. The van der Waals surface area contributed by atoms with Gasteiger partial charge in [-0.2, -0.15) is 0 Å². The topological polar surface area (TPSA) is 93.1 Å². The van der Waals surface area contributed by atoms with Gasteiger partial charge in [-0.05, 0) is 36.4 Å². The Kier molecular flexibility index (Phi) is 5.24. The van der Waals surface area contributed by atoms with Gasteiger partial charge in [0.25, 0.3) is 10.0 Å². The number of nitrogens with one attached hydrogen (secondary N) is 2. The van der Waals surface area contributed by atoms with Gasteiger partial charge in [-0.3, -0.25) is 9.52 Å². The Morgan fingerprint density at radius 1 is 1.12 bits per heavy atom. The van der Waals surface area contributed by atoms with Crippen LogP contribution in [0.25, 0.3) is 0 Å². The van der Waals surface area contributed by atoms with Gasteiger partial charge in [0.1, 0.15) is 6.54 Å². The summed E-state index contributed by atoms with van der Waals surface area (Å²) in [6.07, 6.45) is 4.76. The first-order chi connectivity index (χ1) is 12.4. The van der Waals surface area contributed by atoms with Crippen LogP contribution < -0.4 is 10.0 Å². The molecule has 1 aromatic heterocycles. The highest BCUT2D eigenvalue weighted by Crippen LogP contribution is 2.21. The summed E-state index contributed by atoms with van der Waals surface area (Å²) in [6, 6.07) is 12.4. The van der Waals surface area contributed by atoms with Crippen molar-refractivity contribution in [3.63, 3.8) is 0 Å². The number of imidazole rings is 1. The number of rotatable bonds is 6. The minimum absolute atomic E-state index is 0.0258. The Morgan fingerprint density at radius 3 is 2.62 bits per heavy atom. The van der Waals surface area contributed by atoms with Crippen LogP contribution in [0, 0.1) is 0 Å². The molecule has 26 heavy (non-hydrogen) atoms. The summed E-state index contributed by atoms with van der Waals surface area (Å²) < 4.78 is 29.1. The summed E-state index contributed by atoms with van der Waals surface area (Å²) in [5.41, 5.74) is 0.733. The van der Waals surface area contributed by atoms with E-state index in [0.29, 0.717) is 16.4 Å². The van der Waals surface area contributed by atoms with Crippen LogP contribution in [0.5, 0.6) is 0 Å². The maximum atomic E-state index is 12.5. The highest BCUT2D eigenvalue weighted by molar-refractivity contribution is 7.92. The molecule has 2 N–H and O–H groups in total. The number of halogens is 1. The number of carbonyl (C=O) groups is 1. The van der Waals surface area contributed by atoms with Crippen LogP contribution in [0.3, 0.4) is 0 Å². The summed E-state index contributed by atoms with van der Waals surface area (Å²) in [7, 11) is -3.81. The predicted octanol–water partition coefficient (Wildman–Crippen LogP) is 2.98. The summed E-state index contributed by atoms with van der Waals surface area (Å²) in [5, 5.41) is 3.09. The molecule has 0 unspecified atom stereocenters. The van der Waals surface area contributed by atoms with E-state index >= 15 is 0 Å². The number of sulfonamides is 1. The van der Waals surface area contributed by atoms with Crippen molar-refractivity contribution in [2.75, 3.05) is 10.0 Å². The molecular formula is C17H15ClN4O3S. The van der Waals surface area contributed by atoms with E-state index in [4.69, 9.17) is 11.6 Å². The van der Waals surface area contributed by atoms with Gasteiger partial charge in [-0.15, -0.1) is 0 Å². The highest BCUT2D eigenvalue weighted by atomic mass is 35.5. The molecule has 0 saturated heterocycles. The molecule has 3 rings (SSSR count). The molecule has 2 aromatic carbocycles. The fourth-order valence-corrected chi connectivity index (χ4v) is 3.54. The molecule has 0 bridgehead atoms. The second kappa shape index (κ2) is 7.59. The molecule has 0 aliphatic heterocycles. The third-order valence-corrected chi connectivity index (χ3v) is 5.00. The lowest BCUT2D eigenvalue weighted by Gasteiger charge is -2.10. The molecule has 134 valence electrons. The largest absolute Gasteiger partial charge is 0.328 e. The van der Waals surface area contributed by atoms with Crippen LogP contribution in [-0.2, 0) is 21.4 Å². The normalized spacial score (nSPS) is 11.1. The van der Waals surface area contributed by atoms with Crippen molar-refractivity contribution in [2.24, 2.45) is 0 Å². The monoisotopic (exact) mass is 390 g/mol. The van der Waals surface area contributed by atoms with Gasteiger partial charge in [-0.25, -0.2) is 13.4 Å². The average molecular weight is 391 g/mol. The van der Waals surface area contributed by atoms with Gasteiger partial charge in [0.15, 0.2) is 0 Å². The van der Waals surface area contributed by atoms with E-state index in [9.17, 15) is 13.2 Å². The van der Waals surface area contributed by atoms with Crippen LogP contribution in [-0.4, -0.2) is 23.9 Å². The van der Waals surface area contributed by atoms with Crippen molar-refractivity contribution in [3.8, 4) is 0 Å². The minimum atomic E-state index is -3.81. The van der Waals surface area contributed by atoms with Gasteiger partial charge >= 0.3 is 0 Å². The van der Waals surface area contributed by atoms with E-state index in [-0.39, 0.29) is 17.3 Å². The molecule has 0 aliphatic carbocycles. The van der Waals surface area contributed by atoms with E-state index in [1.807, 2.05) is 0 Å². The zero-order chi connectivity index (χ0) is 18.6. The van der Waals surface area contributed by atoms with E-state index < -0.39 is 10.0 Å². The summed E-state index contributed by atoms with van der Waals surface area (Å²) in [4.78, 5) is 15.9. The van der Waals surface area contributed by atoms with E-state index in [1.54, 1.807) is 47.3 Å². The first-order valence-corrected chi connectivity index (χ1v) is 9.42. The standard InChI is InChI=1S/C17H15ClN4O3S/c18-13-3-1-5-15(9-13)21-26(24,25)16-6-2-4-14(10-16)20-17(23)11-22-8-7-19-12-22/h1-10,12,21H,11H2,(H,20,23). The Labute approximate surface area is 155 Å². The summed E-state index contributed by atoms with van der Waals surface area (Å²) in [6.45, 7) is 0.0811. The van der Waals surface area contributed by atoms with Crippen LogP contribution >= 0.6 is 11.6 Å². The molecule has 0 aliphatic rings. The number of carbonyl (C=O) groups excluding carboxylic acids is 1. The number of aromatic nitrogens is 2. The van der Waals surface area contributed by atoms with Crippen molar-refractivity contribution >= 4 is 38.9 Å². The third-order valence-electron chi connectivity index (χ3n) is 3.39. The first kappa shape index (κ1) is 18.0. The van der Waals surface area contributed by atoms with Gasteiger partial charge in [0.2, 0.25) is 5.91 Å². The summed E-state index contributed by atoms with van der Waals surface area (Å²) in [5.74, 6) is -0.291. The van der Waals surface area contributed by atoms with Crippen LogP contribution in [0.15, 0.2) is 72.1 Å². The maximum absolute atomic E-state index is 12.5. The number of anilines is 2. The lowest BCUT2D eigenvalue weighted by atomic mass is 10.3. The second-order valence-electron chi connectivity index (χ2n) is 5.43. The van der Waals surface area contributed by atoms with Crippen molar-refractivity contribution in [1.82, 2.24) is 9.55 Å². The van der Waals surface area contributed by atoms with Gasteiger partial charge in [-0.1, -0.05) is 23.7 Å². The maximum Gasteiger partial charge on any atom is 0.261 e. The van der Waals surface area contributed by atoms with Gasteiger partial charge in [0.05, 0.1) is 16.9 Å². The smallest absolute Gasteiger partial charge is 0.261 e. The zero-order valence-electron chi connectivity index (χ0n) is 13.5. The van der Waals surface area contributed by atoms with Gasteiger partial charge in [0, 0.05) is 23.1 Å². The molecule has 3 aromatic rings. The van der Waals surface area contributed by atoms with Crippen LogP contribution in [0.2, 0.25) is 5.02 Å². The zero-order valence-corrected chi connectivity index (χ0v) is 15.0. The molecule has 0 saturated carbocycles. The second-order valence-corrected chi connectivity index (χ2v) is 7.55. The lowest BCUT2D eigenvalue weighted by Crippen LogP contribution is -2.18. The van der Waals surface area contributed by atoms with Crippen LogP contribution in [0.4, 0.5) is 11.4 Å². The van der Waals surface area contributed by atoms with E-state index in [0.717, 1.165) is 0 Å². The molecule has 1 heterocycles. The highest BCUT2D eigenvalue weighted by Gasteiger charge is 2.15. The van der Waals surface area contributed by atoms with Crippen LogP contribution in [0.1, 0.15) is 0 Å². The predicted molar refractivity (Wildman–Crippen MR) is 99.6 cm³/mol. The molecule has 0 spiro atoms. The fraction of sp³-hybridized carbons (Fsp3) is 0.0588. The number of amides is 1. The number of hydrogen-bond donors (Lipinski definition) is 2. The first-order valence-electron chi connectivity index (χ1n) is 7.56. The van der Waals surface area contributed by atoms with E-state index in [1.165, 1.54) is 24.5 Å². The quantitative estimate of drug-likeness (QED) is 0.676. The van der Waals surface area contributed by atoms with Crippen molar-refractivity contribution < 1.29 is 13.2 Å². The van der Waals surface area contributed by atoms with Gasteiger partial charge < -0.3 is 9.88 Å². The molecule has 0 radical (unpaired) electrons. The summed E-state index contributed by atoms with van der Waals surface area (Å²) >= 11 is 5.87. The Hall–Kier alpha value is -2.84. The molecule has 7 nitrogen and oxygen atoms in total. The Bertz CT molecular complexity index is 1020. The SMILES string of the molecule is O=C(Cn1ccnc1)Nc1cccc(S(=O)(=O)Nc2cccc(Cl)c2)c1. The number of nitrogens with zero attached hydrogens (tertiary/aromatic N) is 2. The van der Waals surface area contributed by atoms with Crippen molar-refractivity contribution in [1.29, 1.82) is 0 Å². The Morgan fingerprint density at radius 2 is 1.88 bits per heavy atom. The molecule has 9 heteroatoms. The fourth-order valence-electron chi connectivity index (χ4n) is 2.25. The molecule has 0 atom stereocenters. The van der Waals surface area contributed by atoms with Crippen molar-refractivity contribution in [3.05, 3.63) is 72.3 Å². The Balaban J connectivity index is 1.74. The number of hydrogen-bond acceptors (Lipinski definition) is 4. The molecule has 0 fully saturated rings. The lowest BCUT2D eigenvalue weighted by molar-refractivity contribution is -0.116. The minimum Gasteiger partial charge on any atom is -0.328 e. The third kappa shape index (κ3) is 4.62. The number of benzene rings is 2. The van der Waals surface area contributed by atoms with E-state index in [2.05, 4.69) is 15.0 Å². The average Bonchev–Trinajstić information content (AvgIpc) is 3.07. The molecule has 1 amide bonds.